The topological polar surface area (TPSA) is 39.7 Å². The molecule has 140 valence electrons. The van der Waals surface area contributed by atoms with Crippen LogP contribution in [0.4, 0.5) is 4.39 Å². The van der Waals surface area contributed by atoms with E-state index < -0.39 is 0 Å². The van der Waals surface area contributed by atoms with Gasteiger partial charge in [-0.25, -0.2) is 4.39 Å². The number of piperidine rings is 1. The van der Waals surface area contributed by atoms with Crippen LogP contribution in [0.15, 0.2) is 46.8 Å². The number of thiophene rings is 1. The van der Waals surface area contributed by atoms with E-state index in [1.54, 1.807) is 19.2 Å². The first-order valence-electron chi connectivity index (χ1n) is 9.16. The Balaban J connectivity index is 1.42. The van der Waals surface area contributed by atoms with Crippen molar-refractivity contribution in [1.29, 1.82) is 0 Å². The molecule has 0 aliphatic carbocycles. The van der Waals surface area contributed by atoms with Gasteiger partial charge in [0.25, 0.3) is 0 Å². The third-order valence-electron chi connectivity index (χ3n) is 4.72. The van der Waals surface area contributed by atoms with Gasteiger partial charge in [0.2, 0.25) is 0 Å². The van der Waals surface area contributed by atoms with Gasteiger partial charge in [-0.05, 0) is 54.4 Å². The summed E-state index contributed by atoms with van der Waals surface area (Å²) in [4.78, 5) is 8.29. The average Bonchev–Trinajstić information content (AvgIpc) is 3.16. The summed E-state index contributed by atoms with van der Waals surface area (Å²) in [5.74, 6) is 1.22. The van der Waals surface area contributed by atoms with Crippen LogP contribution in [-0.2, 0) is 13.1 Å². The molecule has 1 unspecified atom stereocenters. The van der Waals surface area contributed by atoms with Gasteiger partial charge in [0.05, 0.1) is 0 Å². The minimum absolute atomic E-state index is 0.208. The predicted molar refractivity (Wildman–Crippen MR) is 107 cm³/mol. The molecule has 1 saturated heterocycles. The van der Waals surface area contributed by atoms with Crippen LogP contribution in [0.25, 0.3) is 0 Å². The fourth-order valence-corrected chi connectivity index (χ4v) is 4.08. The maximum absolute atomic E-state index is 13.0. The SMILES string of the molecule is CN=C(NCc1ccc(F)cc1)NCC1CCCN(Cc2cccs2)C1. The highest BCUT2D eigenvalue weighted by molar-refractivity contribution is 7.09. The second-order valence-corrected chi connectivity index (χ2v) is 7.79. The first kappa shape index (κ1) is 18.9. The van der Waals surface area contributed by atoms with E-state index >= 15 is 0 Å². The molecule has 26 heavy (non-hydrogen) atoms. The highest BCUT2D eigenvalue weighted by Crippen LogP contribution is 2.19. The van der Waals surface area contributed by atoms with E-state index in [0.717, 1.165) is 31.2 Å². The van der Waals surface area contributed by atoms with Crippen molar-refractivity contribution in [1.82, 2.24) is 15.5 Å². The van der Waals surface area contributed by atoms with E-state index in [4.69, 9.17) is 0 Å². The smallest absolute Gasteiger partial charge is 0.191 e. The van der Waals surface area contributed by atoms with Crippen LogP contribution in [-0.4, -0.2) is 37.5 Å². The first-order valence-corrected chi connectivity index (χ1v) is 10.0. The molecular formula is C20H27FN4S. The molecule has 2 N–H and O–H groups in total. The Hall–Kier alpha value is -1.92. The van der Waals surface area contributed by atoms with E-state index in [1.165, 1.54) is 36.4 Å². The lowest BCUT2D eigenvalue weighted by molar-refractivity contribution is 0.169. The lowest BCUT2D eigenvalue weighted by atomic mass is 9.98. The summed E-state index contributed by atoms with van der Waals surface area (Å²) < 4.78 is 13.0. The maximum Gasteiger partial charge on any atom is 0.191 e. The number of nitrogens with one attached hydrogen (secondary N) is 2. The Kier molecular flexibility index (Phi) is 7.03. The van der Waals surface area contributed by atoms with Crippen LogP contribution >= 0.6 is 11.3 Å². The summed E-state index contributed by atoms with van der Waals surface area (Å²) >= 11 is 1.84. The Bertz CT molecular complexity index is 684. The molecule has 0 amide bonds. The Morgan fingerprint density at radius 2 is 2.12 bits per heavy atom. The highest BCUT2D eigenvalue weighted by atomic mass is 32.1. The predicted octanol–water partition coefficient (Wildman–Crippen LogP) is 3.46. The summed E-state index contributed by atoms with van der Waals surface area (Å²) in [6.07, 6.45) is 2.50. The Labute approximate surface area is 159 Å². The molecule has 0 saturated carbocycles. The van der Waals surface area contributed by atoms with Crippen molar-refractivity contribution < 1.29 is 4.39 Å². The molecule has 1 fully saturated rings. The molecule has 1 aromatic carbocycles. The molecule has 3 rings (SSSR count). The van der Waals surface area contributed by atoms with Crippen molar-refractivity contribution >= 4 is 17.3 Å². The number of nitrogens with zero attached hydrogens (tertiary/aromatic N) is 2. The van der Waals surface area contributed by atoms with Crippen molar-refractivity contribution in [3.8, 4) is 0 Å². The van der Waals surface area contributed by atoms with Gasteiger partial charge in [-0.1, -0.05) is 18.2 Å². The lowest BCUT2D eigenvalue weighted by Gasteiger charge is -2.32. The number of hydrogen-bond donors (Lipinski definition) is 2. The number of aliphatic imine (C=N–C) groups is 1. The van der Waals surface area contributed by atoms with Crippen LogP contribution in [0, 0.1) is 11.7 Å². The zero-order valence-electron chi connectivity index (χ0n) is 15.2. The van der Waals surface area contributed by atoms with Crippen LogP contribution in [0.5, 0.6) is 0 Å². The molecular weight excluding hydrogens is 347 g/mol. The normalized spacial score (nSPS) is 18.7. The van der Waals surface area contributed by atoms with Crippen molar-refractivity contribution in [2.24, 2.45) is 10.9 Å². The maximum atomic E-state index is 13.0. The third kappa shape index (κ3) is 5.81. The number of likely N-dealkylation sites (tertiary alicyclic amines) is 1. The van der Waals surface area contributed by atoms with Gasteiger partial charge in [0.15, 0.2) is 5.96 Å². The van der Waals surface area contributed by atoms with Crippen LogP contribution < -0.4 is 10.6 Å². The minimum atomic E-state index is -0.208. The van der Waals surface area contributed by atoms with E-state index in [0.29, 0.717) is 12.5 Å². The highest BCUT2D eigenvalue weighted by Gasteiger charge is 2.20. The van der Waals surface area contributed by atoms with Crippen molar-refractivity contribution in [3.05, 3.63) is 58.0 Å². The number of hydrogen-bond acceptors (Lipinski definition) is 3. The monoisotopic (exact) mass is 374 g/mol. The second-order valence-electron chi connectivity index (χ2n) is 6.76. The number of halogens is 1. The molecule has 1 aliphatic heterocycles. The van der Waals surface area contributed by atoms with Crippen molar-refractivity contribution in [2.45, 2.75) is 25.9 Å². The molecule has 1 aromatic heterocycles. The Morgan fingerprint density at radius 1 is 1.27 bits per heavy atom. The van der Waals surface area contributed by atoms with Crippen LogP contribution in [0.2, 0.25) is 0 Å². The summed E-state index contributed by atoms with van der Waals surface area (Å²) in [5, 5.41) is 8.89. The summed E-state index contributed by atoms with van der Waals surface area (Å²) in [6, 6.07) is 10.9. The van der Waals surface area contributed by atoms with Crippen molar-refractivity contribution in [2.75, 3.05) is 26.7 Å². The molecule has 2 heterocycles. The van der Waals surface area contributed by atoms with Crippen molar-refractivity contribution in [3.63, 3.8) is 0 Å². The molecule has 0 spiro atoms. The minimum Gasteiger partial charge on any atom is -0.356 e. The molecule has 0 bridgehead atoms. The van der Waals surface area contributed by atoms with E-state index in [1.807, 2.05) is 11.3 Å². The fraction of sp³-hybridized carbons (Fsp3) is 0.450. The summed E-state index contributed by atoms with van der Waals surface area (Å²) in [5.41, 5.74) is 1.04. The van der Waals surface area contributed by atoms with E-state index in [2.05, 4.69) is 38.0 Å². The van der Waals surface area contributed by atoms with Gasteiger partial charge in [0, 0.05) is 38.1 Å². The largest absolute Gasteiger partial charge is 0.356 e. The van der Waals surface area contributed by atoms with Gasteiger partial charge in [-0.3, -0.25) is 9.89 Å². The van der Waals surface area contributed by atoms with Crippen LogP contribution in [0.1, 0.15) is 23.3 Å². The molecule has 1 aliphatic rings. The molecule has 6 heteroatoms. The first-order chi connectivity index (χ1) is 12.7. The lowest BCUT2D eigenvalue weighted by Crippen LogP contribution is -2.44. The number of guanidine groups is 1. The quantitative estimate of drug-likeness (QED) is 0.601. The fourth-order valence-electron chi connectivity index (χ4n) is 3.33. The van der Waals surface area contributed by atoms with Gasteiger partial charge in [0.1, 0.15) is 5.82 Å². The third-order valence-corrected chi connectivity index (χ3v) is 5.58. The van der Waals surface area contributed by atoms with Gasteiger partial charge in [-0.2, -0.15) is 0 Å². The zero-order chi connectivity index (χ0) is 18.2. The van der Waals surface area contributed by atoms with E-state index in [9.17, 15) is 4.39 Å². The van der Waals surface area contributed by atoms with E-state index in [-0.39, 0.29) is 5.82 Å². The average molecular weight is 375 g/mol. The van der Waals surface area contributed by atoms with Gasteiger partial charge < -0.3 is 10.6 Å². The summed E-state index contributed by atoms with van der Waals surface area (Å²) in [6.45, 7) is 4.93. The molecule has 4 nitrogen and oxygen atoms in total. The van der Waals surface area contributed by atoms with Crippen LogP contribution in [0.3, 0.4) is 0 Å². The van der Waals surface area contributed by atoms with Gasteiger partial charge in [-0.15, -0.1) is 11.3 Å². The molecule has 0 radical (unpaired) electrons. The Morgan fingerprint density at radius 3 is 2.85 bits per heavy atom. The molecule has 1 atom stereocenters. The van der Waals surface area contributed by atoms with Gasteiger partial charge >= 0.3 is 0 Å². The second kappa shape index (κ2) is 9.69. The number of rotatable bonds is 6. The zero-order valence-corrected chi connectivity index (χ0v) is 16.1. The number of benzene rings is 1. The summed E-state index contributed by atoms with van der Waals surface area (Å²) in [7, 11) is 1.78. The molecule has 2 aromatic rings. The standard InChI is InChI=1S/C20H27FN4S/c1-22-20(23-12-16-6-8-18(21)9-7-16)24-13-17-4-2-10-25(14-17)15-19-5-3-11-26-19/h3,5-9,11,17H,2,4,10,12-15H2,1H3,(H2,22,23,24).